The summed E-state index contributed by atoms with van der Waals surface area (Å²) in [5, 5.41) is 0. The number of halogens is 3. The van der Waals surface area contributed by atoms with Crippen molar-refractivity contribution in [2.24, 2.45) is 0 Å². The number of hydrogen-bond donors (Lipinski definition) is 0. The molecule has 8 heteroatoms. The molecule has 0 fully saturated rings. The molecule has 3 rings (SSSR count). The Morgan fingerprint density at radius 3 is 2.32 bits per heavy atom. The summed E-state index contributed by atoms with van der Waals surface area (Å²) >= 11 is 0. The number of esters is 1. The van der Waals surface area contributed by atoms with Crippen LogP contribution in [0.1, 0.15) is 5.56 Å². The molecule has 1 aromatic heterocycles. The van der Waals surface area contributed by atoms with Gasteiger partial charge < -0.3 is 14.2 Å². The molecular weight excluding hydrogens is 375 g/mol. The normalized spacial score (nSPS) is 11.0. The number of alkyl halides is 3. The second kappa shape index (κ2) is 8.43. The van der Waals surface area contributed by atoms with Crippen molar-refractivity contribution in [3.8, 4) is 23.1 Å². The lowest BCUT2D eigenvalue weighted by Crippen LogP contribution is -2.18. The van der Waals surface area contributed by atoms with Crippen LogP contribution < -0.4 is 14.2 Å². The van der Waals surface area contributed by atoms with E-state index in [1.54, 1.807) is 36.5 Å². The maximum absolute atomic E-state index is 12.7. The summed E-state index contributed by atoms with van der Waals surface area (Å²) in [6.07, 6.45) is -2.89. The van der Waals surface area contributed by atoms with E-state index in [4.69, 9.17) is 14.2 Å². The van der Waals surface area contributed by atoms with Gasteiger partial charge in [0, 0.05) is 12.3 Å². The molecule has 3 aromatic rings. The molecule has 0 saturated carbocycles. The molecule has 0 aliphatic carbocycles. The molecule has 5 nitrogen and oxygen atoms in total. The Kier molecular flexibility index (Phi) is 5.78. The summed E-state index contributed by atoms with van der Waals surface area (Å²) in [5.41, 5.74) is -0.859. The highest BCUT2D eigenvalue weighted by Gasteiger charge is 2.30. The Hall–Kier alpha value is -3.55. The molecule has 0 spiro atoms. The molecule has 0 radical (unpaired) electrons. The predicted molar refractivity (Wildman–Crippen MR) is 93.3 cm³/mol. The van der Waals surface area contributed by atoms with Gasteiger partial charge in [0.2, 0.25) is 5.88 Å². The van der Waals surface area contributed by atoms with Crippen molar-refractivity contribution < 1.29 is 32.2 Å². The average molecular weight is 389 g/mol. The van der Waals surface area contributed by atoms with Crippen LogP contribution in [0.3, 0.4) is 0 Å². The van der Waals surface area contributed by atoms with Gasteiger partial charge in [-0.15, -0.1) is 0 Å². The zero-order chi connectivity index (χ0) is 20.0. The molecule has 0 amide bonds. The van der Waals surface area contributed by atoms with Gasteiger partial charge in [0.15, 0.2) is 6.61 Å². The molecule has 0 aliphatic rings. The number of nitrogens with zero attached hydrogens (tertiary/aromatic N) is 1. The largest absolute Gasteiger partial charge is 0.482 e. The molecule has 1 heterocycles. The molecule has 0 bridgehead atoms. The number of benzene rings is 2. The number of rotatable bonds is 6. The van der Waals surface area contributed by atoms with Crippen LogP contribution in [-0.2, 0) is 11.0 Å². The Balaban J connectivity index is 1.52. The summed E-state index contributed by atoms with van der Waals surface area (Å²) < 4.78 is 53.7. The molecule has 2 aromatic carbocycles. The van der Waals surface area contributed by atoms with Crippen molar-refractivity contribution in [2.45, 2.75) is 6.18 Å². The smallest absolute Gasteiger partial charge is 0.416 e. The summed E-state index contributed by atoms with van der Waals surface area (Å²) in [7, 11) is 0. The highest BCUT2D eigenvalue weighted by atomic mass is 19.4. The van der Waals surface area contributed by atoms with Gasteiger partial charge in [-0.25, -0.2) is 9.78 Å². The standard InChI is InChI=1S/C20H14F3NO4/c21-20(22,23)14-4-3-5-17(12-14)26-13-19(25)28-16-9-7-15(8-10-16)27-18-6-1-2-11-24-18/h1-12H,13H2. The first-order chi connectivity index (χ1) is 13.4. The van der Waals surface area contributed by atoms with Gasteiger partial charge in [-0.2, -0.15) is 13.2 Å². The molecule has 0 aliphatic heterocycles. The summed E-state index contributed by atoms with van der Waals surface area (Å²) in [4.78, 5) is 15.9. The second-order valence-corrected chi connectivity index (χ2v) is 5.53. The summed E-state index contributed by atoms with van der Waals surface area (Å²) in [6.45, 7) is -0.534. The van der Waals surface area contributed by atoms with Crippen LogP contribution in [0.2, 0.25) is 0 Å². The van der Waals surface area contributed by atoms with Crippen LogP contribution in [0.15, 0.2) is 72.9 Å². The van der Waals surface area contributed by atoms with Gasteiger partial charge in [0.1, 0.15) is 17.2 Å². The Bertz CT molecular complexity index is 928. The molecule has 0 saturated heterocycles. The van der Waals surface area contributed by atoms with Gasteiger partial charge in [-0.1, -0.05) is 12.1 Å². The predicted octanol–water partition coefficient (Wildman–Crippen LogP) is 4.88. The minimum atomic E-state index is -4.49. The molecule has 0 unspecified atom stereocenters. The maximum atomic E-state index is 12.7. The van der Waals surface area contributed by atoms with E-state index in [-0.39, 0.29) is 11.5 Å². The minimum absolute atomic E-state index is 0.0779. The fourth-order valence-electron chi connectivity index (χ4n) is 2.17. The first-order valence-corrected chi connectivity index (χ1v) is 8.10. The van der Waals surface area contributed by atoms with E-state index in [1.807, 2.05) is 0 Å². The summed E-state index contributed by atoms with van der Waals surface area (Å²) in [6, 6.07) is 15.7. The topological polar surface area (TPSA) is 57.7 Å². The van der Waals surface area contributed by atoms with Crippen LogP contribution in [0.5, 0.6) is 23.1 Å². The van der Waals surface area contributed by atoms with Gasteiger partial charge >= 0.3 is 12.1 Å². The zero-order valence-electron chi connectivity index (χ0n) is 14.3. The van der Waals surface area contributed by atoms with E-state index >= 15 is 0 Å². The van der Waals surface area contributed by atoms with Gasteiger partial charge in [0.05, 0.1) is 5.56 Å². The van der Waals surface area contributed by atoms with Crippen molar-refractivity contribution in [3.05, 3.63) is 78.5 Å². The minimum Gasteiger partial charge on any atom is -0.482 e. The van der Waals surface area contributed by atoms with E-state index in [9.17, 15) is 18.0 Å². The second-order valence-electron chi connectivity index (χ2n) is 5.53. The fraction of sp³-hybridized carbons (Fsp3) is 0.100. The Morgan fingerprint density at radius 1 is 0.893 bits per heavy atom. The fourth-order valence-corrected chi connectivity index (χ4v) is 2.17. The number of carbonyl (C=O) groups is 1. The number of aromatic nitrogens is 1. The number of hydrogen-bond acceptors (Lipinski definition) is 5. The number of carbonyl (C=O) groups excluding carboxylic acids is 1. The van der Waals surface area contributed by atoms with Gasteiger partial charge in [0.25, 0.3) is 0 Å². The SMILES string of the molecule is O=C(COc1cccc(C(F)(F)F)c1)Oc1ccc(Oc2ccccn2)cc1. The first kappa shape index (κ1) is 19.2. The van der Waals surface area contributed by atoms with E-state index in [2.05, 4.69) is 4.98 Å². The van der Waals surface area contributed by atoms with Crippen LogP contribution in [0.25, 0.3) is 0 Å². The number of ether oxygens (including phenoxy) is 3. The van der Waals surface area contributed by atoms with Crippen molar-refractivity contribution >= 4 is 5.97 Å². The van der Waals surface area contributed by atoms with Crippen LogP contribution in [-0.4, -0.2) is 17.6 Å². The van der Waals surface area contributed by atoms with Crippen molar-refractivity contribution in [1.82, 2.24) is 4.98 Å². The molecular formula is C20H14F3NO4. The van der Waals surface area contributed by atoms with Crippen molar-refractivity contribution in [2.75, 3.05) is 6.61 Å². The van der Waals surface area contributed by atoms with Crippen molar-refractivity contribution in [1.29, 1.82) is 0 Å². The van der Waals surface area contributed by atoms with Crippen LogP contribution >= 0.6 is 0 Å². The number of pyridine rings is 1. The lowest BCUT2D eigenvalue weighted by molar-refractivity contribution is -0.137. The van der Waals surface area contributed by atoms with Gasteiger partial charge in [-0.05, 0) is 48.5 Å². The van der Waals surface area contributed by atoms with Crippen LogP contribution in [0, 0.1) is 0 Å². The molecule has 28 heavy (non-hydrogen) atoms. The third-order valence-electron chi connectivity index (χ3n) is 3.43. The third kappa shape index (κ3) is 5.47. The highest BCUT2D eigenvalue weighted by molar-refractivity contribution is 5.74. The van der Waals surface area contributed by atoms with E-state index in [0.717, 1.165) is 12.1 Å². The third-order valence-corrected chi connectivity index (χ3v) is 3.43. The maximum Gasteiger partial charge on any atom is 0.416 e. The average Bonchev–Trinajstić information content (AvgIpc) is 2.68. The first-order valence-electron chi connectivity index (χ1n) is 8.10. The van der Waals surface area contributed by atoms with Crippen molar-refractivity contribution in [3.63, 3.8) is 0 Å². The zero-order valence-corrected chi connectivity index (χ0v) is 14.3. The summed E-state index contributed by atoms with van der Waals surface area (Å²) in [5.74, 6) is 0.327. The van der Waals surface area contributed by atoms with E-state index in [1.165, 1.54) is 24.3 Å². The van der Waals surface area contributed by atoms with E-state index in [0.29, 0.717) is 11.6 Å². The van der Waals surface area contributed by atoms with E-state index < -0.39 is 24.3 Å². The Morgan fingerprint density at radius 2 is 1.64 bits per heavy atom. The van der Waals surface area contributed by atoms with Crippen LogP contribution in [0.4, 0.5) is 13.2 Å². The monoisotopic (exact) mass is 389 g/mol. The van der Waals surface area contributed by atoms with Gasteiger partial charge in [-0.3, -0.25) is 0 Å². The lowest BCUT2D eigenvalue weighted by atomic mass is 10.2. The quantitative estimate of drug-likeness (QED) is 0.444. The lowest BCUT2D eigenvalue weighted by Gasteiger charge is -2.10. The highest BCUT2D eigenvalue weighted by Crippen LogP contribution is 2.31. The molecule has 0 atom stereocenters. The molecule has 0 N–H and O–H groups in total. The molecule has 144 valence electrons. The Labute approximate surface area is 158 Å².